The number of hydrogen-bond acceptors (Lipinski definition) is 14. The fraction of sp³-hybridized carbons (Fsp3) is 0.481. The highest BCUT2D eigenvalue weighted by Gasteiger charge is 2.52. The van der Waals surface area contributed by atoms with Crippen molar-refractivity contribution in [3.05, 3.63) is 45.6 Å². The summed E-state index contributed by atoms with van der Waals surface area (Å²) in [5.41, 5.74) is 8.09. The number of nitrogens with one attached hydrogen (secondary N) is 2. The molecule has 16 nitrogen and oxygen atoms in total. The highest BCUT2D eigenvalue weighted by molar-refractivity contribution is 14.1. The van der Waals surface area contributed by atoms with Crippen LogP contribution in [0.2, 0.25) is 0 Å². The third kappa shape index (κ3) is 6.29. The number of nitrogens with zero attached hydrogens (tertiary/aromatic N) is 8. The molecule has 0 unspecified atom stereocenters. The molecular formula is C27H32IN11O5. The second-order valence-electron chi connectivity index (χ2n) is 10.6. The number of nitrogens with two attached hydrogens (primary N) is 1. The van der Waals surface area contributed by atoms with Crippen LogP contribution in [0.4, 0.5) is 11.8 Å². The number of imidazole rings is 1. The lowest BCUT2D eigenvalue weighted by Crippen LogP contribution is -2.34. The molecule has 232 valence electrons. The number of halogens is 1. The standard InChI is InChI=1S/C27H32IN11O5/c1-2-39-36-24(35-37-39)21-20(42-13-40)22(43-14-41)26(44-21)38-12-31-19-23(30-11-15-4-3-5-16(28)10-15)33-27(34-25(19)38)32-18-8-6-17(29)7-9-18/h3-5,10,12-14,17-18,20-22,26H,2,6-9,11,29H2,1H3,(H2,30,32,33,34)/t17?,18?,20-,21-,22+,26+/m0/s1. The van der Waals surface area contributed by atoms with Crippen LogP contribution >= 0.6 is 22.6 Å². The van der Waals surface area contributed by atoms with E-state index in [4.69, 9.17) is 29.9 Å². The number of carbonyl (C=O) groups excluding carboxylic acids is 2. The molecule has 6 rings (SSSR count). The average molecular weight is 718 g/mol. The maximum Gasteiger partial charge on any atom is 0.293 e. The topological polar surface area (TPSA) is 199 Å². The van der Waals surface area contributed by atoms with Crippen molar-refractivity contribution in [3.8, 4) is 0 Å². The molecule has 4 atom stereocenters. The zero-order valence-electron chi connectivity index (χ0n) is 23.8. The van der Waals surface area contributed by atoms with Crippen LogP contribution in [0.5, 0.6) is 0 Å². The predicted octanol–water partition coefficient (Wildman–Crippen LogP) is 2.08. The lowest BCUT2D eigenvalue weighted by molar-refractivity contribution is -0.151. The largest absolute Gasteiger partial charge is 0.457 e. The van der Waals surface area contributed by atoms with Crippen molar-refractivity contribution < 1.29 is 23.8 Å². The summed E-state index contributed by atoms with van der Waals surface area (Å²) in [6.07, 6.45) is 1.05. The van der Waals surface area contributed by atoms with Crippen LogP contribution in [-0.2, 0) is 36.9 Å². The van der Waals surface area contributed by atoms with E-state index in [1.807, 2.05) is 25.1 Å². The molecule has 2 aliphatic rings. The van der Waals surface area contributed by atoms with Crippen LogP contribution in [0, 0.1) is 3.57 Å². The monoisotopic (exact) mass is 717 g/mol. The molecule has 4 N–H and O–H groups in total. The van der Waals surface area contributed by atoms with Gasteiger partial charge in [0.2, 0.25) is 11.8 Å². The lowest BCUT2D eigenvalue weighted by atomic mass is 9.92. The molecule has 4 aromatic rings. The summed E-state index contributed by atoms with van der Waals surface area (Å²) in [6, 6.07) is 8.48. The first-order valence-corrected chi connectivity index (χ1v) is 15.4. The fourth-order valence-corrected chi connectivity index (χ4v) is 6.17. The summed E-state index contributed by atoms with van der Waals surface area (Å²) in [5.74, 6) is 1.09. The number of fused-ring (bicyclic) bond motifs is 1. The number of benzene rings is 1. The highest BCUT2D eigenvalue weighted by Crippen LogP contribution is 2.42. The van der Waals surface area contributed by atoms with E-state index in [9.17, 15) is 9.59 Å². The van der Waals surface area contributed by atoms with E-state index in [0.717, 1.165) is 34.8 Å². The first-order valence-electron chi connectivity index (χ1n) is 14.3. The van der Waals surface area contributed by atoms with E-state index < -0.39 is 24.5 Å². The van der Waals surface area contributed by atoms with Crippen molar-refractivity contribution in [1.29, 1.82) is 0 Å². The second-order valence-corrected chi connectivity index (χ2v) is 11.9. The Labute approximate surface area is 265 Å². The first-order chi connectivity index (χ1) is 21.5. The SMILES string of the molecule is CCn1nnc([C@H]2O[C@@H](n3cnc4c(NCc5cccc(I)c5)nc(NC5CCC(N)CC5)nc43)[C@H](OC=O)[C@H]2OC=O)n1. The zero-order valence-corrected chi connectivity index (χ0v) is 26.0. The molecule has 1 aromatic carbocycles. The van der Waals surface area contributed by atoms with Gasteiger partial charge in [-0.05, 0) is 78.1 Å². The number of aromatic nitrogens is 8. The number of ether oxygens (including phenoxy) is 3. The number of anilines is 2. The quantitative estimate of drug-likeness (QED) is 0.142. The Morgan fingerprint density at radius 1 is 1.14 bits per heavy atom. The Kier molecular flexibility index (Phi) is 9.12. The summed E-state index contributed by atoms with van der Waals surface area (Å²) in [6.45, 7) is 3.38. The van der Waals surface area contributed by atoms with Gasteiger partial charge in [0.25, 0.3) is 12.9 Å². The molecule has 0 radical (unpaired) electrons. The highest BCUT2D eigenvalue weighted by atomic mass is 127. The zero-order chi connectivity index (χ0) is 30.6. The maximum atomic E-state index is 11.6. The van der Waals surface area contributed by atoms with E-state index >= 15 is 0 Å². The molecule has 1 aliphatic heterocycles. The number of hydrogen-bond donors (Lipinski definition) is 3. The molecule has 1 saturated heterocycles. The van der Waals surface area contributed by atoms with Crippen molar-refractivity contribution in [3.63, 3.8) is 0 Å². The Hall–Kier alpha value is -3.97. The van der Waals surface area contributed by atoms with Gasteiger partial charge in [-0.25, -0.2) is 4.98 Å². The summed E-state index contributed by atoms with van der Waals surface area (Å²) in [7, 11) is 0. The maximum absolute atomic E-state index is 11.6. The summed E-state index contributed by atoms with van der Waals surface area (Å²) in [5, 5.41) is 19.3. The van der Waals surface area contributed by atoms with E-state index in [0.29, 0.717) is 36.0 Å². The molecule has 2 fully saturated rings. The van der Waals surface area contributed by atoms with Crippen LogP contribution < -0.4 is 16.4 Å². The predicted molar refractivity (Wildman–Crippen MR) is 164 cm³/mol. The Morgan fingerprint density at radius 3 is 2.66 bits per heavy atom. The van der Waals surface area contributed by atoms with E-state index in [1.165, 1.54) is 11.1 Å². The van der Waals surface area contributed by atoms with Crippen LogP contribution in [0.1, 0.15) is 56.3 Å². The van der Waals surface area contributed by atoms with Crippen molar-refractivity contribution in [2.24, 2.45) is 5.73 Å². The van der Waals surface area contributed by atoms with Crippen LogP contribution in [0.15, 0.2) is 30.6 Å². The van der Waals surface area contributed by atoms with Crippen molar-refractivity contribution in [2.45, 2.75) is 82.3 Å². The molecule has 44 heavy (non-hydrogen) atoms. The minimum Gasteiger partial charge on any atom is -0.457 e. The smallest absolute Gasteiger partial charge is 0.293 e. The molecular weight excluding hydrogens is 685 g/mol. The number of tetrazole rings is 1. The van der Waals surface area contributed by atoms with Gasteiger partial charge in [0, 0.05) is 22.2 Å². The Morgan fingerprint density at radius 2 is 1.93 bits per heavy atom. The van der Waals surface area contributed by atoms with Gasteiger partial charge in [0.1, 0.15) is 0 Å². The fourth-order valence-electron chi connectivity index (χ4n) is 5.57. The lowest BCUT2D eigenvalue weighted by Gasteiger charge is -2.27. The molecule has 17 heteroatoms. The third-order valence-electron chi connectivity index (χ3n) is 7.77. The van der Waals surface area contributed by atoms with Crippen LogP contribution in [0.3, 0.4) is 0 Å². The summed E-state index contributed by atoms with van der Waals surface area (Å²) >= 11 is 2.28. The van der Waals surface area contributed by atoms with Crippen molar-refractivity contribution in [1.82, 2.24) is 39.7 Å². The number of rotatable bonds is 12. The molecule has 4 heterocycles. The van der Waals surface area contributed by atoms with E-state index in [-0.39, 0.29) is 30.9 Å². The molecule has 1 saturated carbocycles. The van der Waals surface area contributed by atoms with Crippen LogP contribution in [0.25, 0.3) is 11.2 Å². The first kappa shape index (κ1) is 30.1. The molecule has 1 aliphatic carbocycles. The van der Waals surface area contributed by atoms with E-state index in [2.05, 4.69) is 59.7 Å². The molecule has 0 bridgehead atoms. The van der Waals surface area contributed by atoms with Gasteiger partial charge in [0.15, 0.2) is 41.5 Å². The van der Waals surface area contributed by atoms with Crippen LogP contribution in [-0.4, -0.2) is 77.0 Å². The van der Waals surface area contributed by atoms with Gasteiger partial charge in [-0.2, -0.15) is 14.8 Å². The van der Waals surface area contributed by atoms with Gasteiger partial charge in [-0.1, -0.05) is 12.1 Å². The van der Waals surface area contributed by atoms with Gasteiger partial charge < -0.3 is 30.6 Å². The average Bonchev–Trinajstić information content (AvgIpc) is 3.75. The second kappa shape index (κ2) is 13.3. The number of aryl methyl sites for hydroxylation is 1. The normalized spacial score (nSPS) is 25.1. The third-order valence-corrected chi connectivity index (χ3v) is 8.44. The summed E-state index contributed by atoms with van der Waals surface area (Å²) < 4.78 is 19.9. The van der Waals surface area contributed by atoms with E-state index in [1.54, 1.807) is 4.57 Å². The number of carbonyl (C=O) groups is 2. The van der Waals surface area contributed by atoms with Gasteiger partial charge >= 0.3 is 0 Å². The molecule has 3 aromatic heterocycles. The molecule has 0 spiro atoms. The Bertz CT molecular complexity index is 1610. The molecule has 0 amide bonds. The van der Waals surface area contributed by atoms with Gasteiger partial charge in [-0.3, -0.25) is 14.2 Å². The summed E-state index contributed by atoms with van der Waals surface area (Å²) in [4.78, 5) is 38.8. The minimum atomic E-state index is -1.07. The van der Waals surface area contributed by atoms with Crippen molar-refractivity contribution in [2.75, 3.05) is 10.6 Å². The van der Waals surface area contributed by atoms with Gasteiger partial charge in [-0.15, -0.1) is 10.2 Å². The van der Waals surface area contributed by atoms with Gasteiger partial charge in [0.05, 0.1) is 12.9 Å². The Balaban J connectivity index is 1.38. The van der Waals surface area contributed by atoms with Crippen molar-refractivity contribution >= 4 is 58.5 Å². The minimum absolute atomic E-state index is 0.156.